The van der Waals surface area contributed by atoms with Gasteiger partial charge in [0.1, 0.15) is 0 Å². The number of amides is 1. The molecule has 1 saturated heterocycles. The Morgan fingerprint density at radius 3 is 2.53 bits per heavy atom. The van der Waals surface area contributed by atoms with Crippen LogP contribution in [0, 0.1) is 0 Å². The van der Waals surface area contributed by atoms with Gasteiger partial charge in [-0.3, -0.25) is 4.79 Å². The van der Waals surface area contributed by atoms with Crippen LogP contribution in [0.4, 0.5) is 0 Å². The minimum atomic E-state index is 0.219. The number of hydrogen-bond acceptors (Lipinski definition) is 3. The zero-order valence-corrected chi connectivity index (χ0v) is 12.6. The summed E-state index contributed by atoms with van der Waals surface area (Å²) in [6.07, 6.45) is 0.616. The Balaban J connectivity index is 0.00000121. The van der Waals surface area contributed by atoms with Crippen molar-refractivity contribution in [3.05, 3.63) is 12.3 Å². The number of nitrogens with one attached hydrogen (secondary N) is 1. The third-order valence-corrected chi connectivity index (χ3v) is 3.78. The van der Waals surface area contributed by atoms with Crippen molar-refractivity contribution >= 4 is 17.7 Å². The van der Waals surface area contributed by atoms with Crippen LogP contribution in [0.2, 0.25) is 0 Å². The van der Waals surface area contributed by atoms with Crippen LogP contribution in [-0.2, 0) is 4.79 Å². The fourth-order valence-corrected chi connectivity index (χ4v) is 2.94. The molecule has 1 N–H and O–H groups in total. The summed E-state index contributed by atoms with van der Waals surface area (Å²) in [4.78, 5) is 13.5. The lowest BCUT2D eigenvalue weighted by Gasteiger charge is -2.23. The largest absolute Gasteiger partial charge is 0.319 e. The summed E-state index contributed by atoms with van der Waals surface area (Å²) in [6, 6.07) is 0.236. The third-order valence-electron chi connectivity index (χ3n) is 2.50. The number of carbonyl (C=O) groups is 1. The molecule has 1 fully saturated rings. The molecule has 1 aliphatic rings. The van der Waals surface area contributed by atoms with E-state index < -0.39 is 0 Å². The van der Waals surface area contributed by atoms with Crippen molar-refractivity contribution < 1.29 is 4.79 Å². The van der Waals surface area contributed by atoms with Crippen LogP contribution in [0.15, 0.2) is 12.3 Å². The average Bonchev–Trinajstić information content (AvgIpc) is 2.57. The van der Waals surface area contributed by atoms with Crippen molar-refractivity contribution in [1.82, 2.24) is 10.2 Å². The van der Waals surface area contributed by atoms with Gasteiger partial charge in [-0.25, -0.2) is 0 Å². The number of hydrogen-bond donors (Lipinski definition) is 1. The van der Waals surface area contributed by atoms with Crippen LogP contribution in [0.3, 0.4) is 0 Å². The molecule has 0 spiro atoms. The fourth-order valence-electron chi connectivity index (χ4n) is 1.77. The van der Waals surface area contributed by atoms with Gasteiger partial charge < -0.3 is 10.2 Å². The Labute approximate surface area is 110 Å². The molecular formula is C13H26N2OS. The number of thioether (sulfide) groups is 1. The van der Waals surface area contributed by atoms with Gasteiger partial charge >= 0.3 is 0 Å². The van der Waals surface area contributed by atoms with E-state index in [1.54, 1.807) is 0 Å². The average molecular weight is 258 g/mol. The Morgan fingerprint density at radius 2 is 2.12 bits per heavy atom. The van der Waals surface area contributed by atoms with Crippen molar-refractivity contribution in [2.45, 2.75) is 45.4 Å². The topological polar surface area (TPSA) is 32.3 Å². The number of nitrogens with zero attached hydrogens (tertiary/aromatic N) is 1. The molecule has 1 unspecified atom stereocenters. The summed E-state index contributed by atoms with van der Waals surface area (Å²) >= 11 is 1.82. The molecule has 17 heavy (non-hydrogen) atoms. The second kappa shape index (κ2) is 8.59. The Hall–Kier alpha value is -0.480. The SMILES string of the molecule is C=C1C(SCCNC)CC(=O)N1C(C)C.CC. The van der Waals surface area contributed by atoms with Gasteiger partial charge in [-0.2, -0.15) is 11.8 Å². The van der Waals surface area contributed by atoms with Crippen LogP contribution in [-0.4, -0.2) is 41.4 Å². The van der Waals surface area contributed by atoms with Crippen LogP contribution >= 0.6 is 11.8 Å². The van der Waals surface area contributed by atoms with Crippen LogP contribution in [0.1, 0.15) is 34.1 Å². The maximum absolute atomic E-state index is 11.7. The first-order valence-corrected chi connectivity index (χ1v) is 7.39. The van der Waals surface area contributed by atoms with Crippen LogP contribution < -0.4 is 5.32 Å². The van der Waals surface area contributed by atoms with Crippen molar-refractivity contribution in [2.75, 3.05) is 19.3 Å². The molecular weight excluding hydrogens is 232 g/mol. The monoisotopic (exact) mass is 258 g/mol. The van der Waals surface area contributed by atoms with Gasteiger partial charge in [-0.1, -0.05) is 20.4 Å². The molecule has 1 aliphatic heterocycles. The van der Waals surface area contributed by atoms with Crippen LogP contribution in [0.25, 0.3) is 0 Å². The Bertz CT molecular complexity index is 254. The predicted molar refractivity (Wildman–Crippen MR) is 77.3 cm³/mol. The standard InChI is InChI=1S/C11H20N2OS.C2H6/c1-8(2)13-9(3)10(7-11(13)14)15-6-5-12-4;1-2/h8,10,12H,3,5-7H2,1-2,4H3;1-2H3. The van der Waals surface area contributed by atoms with Gasteiger partial charge in [0.15, 0.2) is 0 Å². The van der Waals surface area contributed by atoms with Crippen LogP contribution in [0.5, 0.6) is 0 Å². The second-order valence-corrected chi connectivity index (χ2v) is 5.33. The minimum absolute atomic E-state index is 0.219. The van der Waals surface area contributed by atoms with E-state index in [0.29, 0.717) is 6.42 Å². The molecule has 0 aromatic heterocycles. The molecule has 1 atom stereocenters. The molecule has 0 bridgehead atoms. The number of carbonyl (C=O) groups excluding carboxylic acids is 1. The highest BCUT2D eigenvalue weighted by Crippen LogP contribution is 2.32. The zero-order chi connectivity index (χ0) is 13.4. The molecule has 0 radical (unpaired) electrons. The smallest absolute Gasteiger partial charge is 0.228 e. The van der Waals surface area contributed by atoms with Crippen molar-refractivity contribution in [3.8, 4) is 0 Å². The molecule has 0 aromatic rings. The van der Waals surface area contributed by atoms with Crippen molar-refractivity contribution in [1.29, 1.82) is 0 Å². The van der Waals surface area contributed by atoms with Gasteiger partial charge in [0.2, 0.25) is 5.91 Å². The molecule has 0 aromatic carbocycles. The molecule has 4 heteroatoms. The predicted octanol–water partition coefficient (Wildman–Crippen LogP) is 2.49. The first-order valence-electron chi connectivity index (χ1n) is 6.35. The lowest BCUT2D eigenvalue weighted by atomic mass is 10.3. The molecule has 3 nitrogen and oxygen atoms in total. The van der Waals surface area contributed by atoms with E-state index in [0.717, 1.165) is 18.0 Å². The summed E-state index contributed by atoms with van der Waals surface area (Å²) in [6.45, 7) is 13.1. The summed E-state index contributed by atoms with van der Waals surface area (Å²) in [5.74, 6) is 1.25. The Morgan fingerprint density at radius 1 is 1.53 bits per heavy atom. The van der Waals surface area contributed by atoms with Gasteiger partial charge in [-0.05, 0) is 20.9 Å². The van der Waals surface area contributed by atoms with Crippen molar-refractivity contribution in [2.24, 2.45) is 0 Å². The van der Waals surface area contributed by atoms with Gasteiger partial charge in [-0.15, -0.1) is 0 Å². The molecule has 0 aliphatic carbocycles. The van der Waals surface area contributed by atoms with E-state index in [1.165, 1.54) is 0 Å². The lowest BCUT2D eigenvalue weighted by molar-refractivity contribution is -0.127. The molecule has 0 saturated carbocycles. The summed E-state index contributed by atoms with van der Waals surface area (Å²) in [7, 11) is 1.94. The van der Waals surface area contributed by atoms with E-state index in [2.05, 4.69) is 11.9 Å². The normalized spacial score (nSPS) is 19.6. The lowest BCUT2D eigenvalue weighted by Crippen LogP contribution is -2.30. The summed E-state index contributed by atoms with van der Waals surface area (Å²) in [5, 5.41) is 3.39. The number of likely N-dealkylation sites (tertiary alicyclic amines) is 1. The molecule has 100 valence electrons. The number of rotatable bonds is 5. The van der Waals surface area contributed by atoms with E-state index in [1.807, 2.05) is 51.4 Å². The van der Waals surface area contributed by atoms with E-state index >= 15 is 0 Å². The van der Waals surface area contributed by atoms with Gasteiger partial charge in [0, 0.05) is 30.5 Å². The highest BCUT2D eigenvalue weighted by Gasteiger charge is 2.34. The summed E-state index contributed by atoms with van der Waals surface area (Å²) in [5.41, 5.74) is 0.983. The van der Waals surface area contributed by atoms with Gasteiger partial charge in [0.05, 0.1) is 5.25 Å². The highest BCUT2D eigenvalue weighted by atomic mass is 32.2. The van der Waals surface area contributed by atoms with E-state index in [-0.39, 0.29) is 17.2 Å². The quantitative estimate of drug-likeness (QED) is 0.769. The summed E-state index contributed by atoms with van der Waals surface area (Å²) < 4.78 is 0. The Kier molecular flexibility index (Phi) is 8.35. The fraction of sp³-hybridized carbons (Fsp3) is 0.769. The third kappa shape index (κ3) is 4.72. The van der Waals surface area contributed by atoms with E-state index in [4.69, 9.17) is 0 Å². The van der Waals surface area contributed by atoms with Gasteiger partial charge in [0.25, 0.3) is 0 Å². The maximum Gasteiger partial charge on any atom is 0.228 e. The molecule has 1 rings (SSSR count). The molecule has 1 amide bonds. The highest BCUT2D eigenvalue weighted by molar-refractivity contribution is 8.00. The first-order chi connectivity index (χ1) is 8.07. The van der Waals surface area contributed by atoms with E-state index in [9.17, 15) is 4.79 Å². The van der Waals surface area contributed by atoms with Crippen molar-refractivity contribution in [3.63, 3.8) is 0 Å². The molecule has 1 heterocycles. The minimum Gasteiger partial charge on any atom is -0.319 e. The first kappa shape index (κ1) is 16.5. The second-order valence-electron chi connectivity index (χ2n) is 4.02. The maximum atomic E-state index is 11.7. The zero-order valence-electron chi connectivity index (χ0n) is 11.7.